The number of rotatable bonds is 6. The number of carbonyl (C=O) groups excluding carboxylic acids is 1. The van der Waals surface area contributed by atoms with Gasteiger partial charge in [0.1, 0.15) is 6.54 Å². The zero-order chi connectivity index (χ0) is 18.6. The van der Waals surface area contributed by atoms with Gasteiger partial charge in [0.2, 0.25) is 0 Å². The third-order valence-electron chi connectivity index (χ3n) is 3.41. The molecule has 0 unspecified atom stereocenters. The number of benzene rings is 2. The van der Waals surface area contributed by atoms with Crippen molar-refractivity contribution in [3.05, 3.63) is 57.5 Å². The van der Waals surface area contributed by atoms with Crippen LogP contribution in [0.5, 0.6) is 0 Å². The highest BCUT2D eigenvalue weighted by Gasteiger charge is 2.28. The Kier molecular flexibility index (Phi) is 6.48. The van der Waals surface area contributed by atoms with Gasteiger partial charge in [0, 0.05) is 9.50 Å². The Morgan fingerprint density at radius 3 is 2.40 bits per heavy atom. The fraction of sp³-hybridized carbons (Fsp3) is 0.235. The van der Waals surface area contributed by atoms with E-state index in [4.69, 9.17) is 16.3 Å². The lowest BCUT2D eigenvalue weighted by Gasteiger charge is -2.24. The lowest BCUT2D eigenvalue weighted by molar-refractivity contribution is -0.141. The average molecular weight is 447 g/mol. The molecule has 0 bridgehead atoms. The molecule has 25 heavy (non-hydrogen) atoms. The number of ether oxygens (including phenoxy) is 1. The number of aryl methyl sites for hydroxylation is 1. The van der Waals surface area contributed by atoms with Crippen molar-refractivity contribution in [3.8, 4) is 0 Å². The highest BCUT2D eigenvalue weighted by Crippen LogP contribution is 2.28. The zero-order valence-electron chi connectivity index (χ0n) is 13.7. The summed E-state index contributed by atoms with van der Waals surface area (Å²) in [4.78, 5) is 12.0. The predicted octanol–water partition coefficient (Wildman–Crippen LogP) is 4.17. The molecule has 0 saturated carbocycles. The summed E-state index contributed by atoms with van der Waals surface area (Å²) in [7, 11) is -3.95. The van der Waals surface area contributed by atoms with Crippen LogP contribution < -0.4 is 4.31 Å². The van der Waals surface area contributed by atoms with E-state index in [1.807, 2.05) is 0 Å². The van der Waals surface area contributed by atoms with E-state index in [0.717, 1.165) is 8.78 Å². The topological polar surface area (TPSA) is 63.7 Å². The Morgan fingerprint density at radius 1 is 1.20 bits per heavy atom. The molecule has 0 radical (unpaired) electrons. The van der Waals surface area contributed by atoms with Crippen LogP contribution in [0.25, 0.3) is 0 Å². The van der Waals surface area contributed by atoms with E-state index in [2.05, 4.69) is 15.9 Å². The van der Waals surface area contributed by atoms with Crippen molar-refractivity contribution >= 4 is 49.2 Å². The minimum absolute atomic E-state index is 0.0765. The van der Waals surface area contributed by atoms with Crippen LogP contribution in [0.2, 0.25) is 5.02 Å². The standard InChI is InChI=1S/C17H17BrClNO4S/c1-3-24-17(21)11-20(14-6-9-16(19)12(2)10-14)25(22,23)15-7-4-13(18)5-8-15/h4-10H,3,11H2,1-2H3. The Morgan fingerprint density at radius 2 is 1.84 bits per heavy atom. The summed E-state index contributed by atoms with van der Waals surface area (Å²) in [5, 5.41) is 0.515. The monoisotopic (exact) mass is 445 g/mol. The van der Waals surface area contributed by atoms with Crippen molar-refractivity contribution in [3.63, 3.8) is 0 Å². The van der Waals surface area contributed by atoms with Crippen LogP contribution in [-0.2, 0) is 19.6 Å². The second-order valence-electron chi connectivity index (χ2n) is 5.20. The number of sulfonamides is 1. The molecule has 0 fully saturated rings. The van der Waals surface area contributed by atoms with Crippen molar-refractivity contribution in [2.24, 2.45) is 0 Å². The molecule has 2 aromatic rings. The van der Waals surface area contributed by atoms with Crippen LogP contribution in [0, 0.1) is 6.92 Å². The van der Waals surface area contributed by atoms with E-state index in [1.165, 1.54) is 12.1 Å². The van der Waals surface area contributed by atoms with Gasteiger partial charge in [-0.25, -0.2) is 8.42 Å². The number of carbonyl (C=O) groups is 1. The molecule has 0 atom stereocenters. The van der Waals surface area contributed by atoms with Crippen LogP contribution >= 0.6 is 27.5 Å². The van der Waals surface area contributed by atoms with Gasteiger partial charge in [0.25, 0.3) is 10.0 Å². The number of hydrogen-bond donors (Lipinski definition) is 0. The largest absolute Gasteiger partial charge is 0.465 e. The lowest BCUT2D eigenvalue weighted by Crippen LogP contribution is -2.36. The van der Waals surface area contributed by atoms with E-state index in [9.17, 15) is 13.2 Å². The summed E-state index contributed by atoms with van der Waals surface area (Å²) in [5.74, 6) is -0.629. The molecule has 2 aromatic carbocycles. The molecule has 2 rings (SSSR count). The van der Waals surface area contributed by atoms with Crippen LogP contribution in [0.1, 0.15) is 12.5 Å². The van der Waals surface area contributed by atoms with Gasteiger partial charge in [0.15, 0.2) is 0 Å². The van der Waals surface area contributed by atoms with Crippen molar-refractivity contribution in [2.75, 3.05) is 17.5 Å². The Bertz CT molecular complexity index is 869. The lowest BCUT2D eigenvalue weighted by atomic mass is 10.2. The minimum atomic E-state index is -3.95. The molecular formula is C17H17BrClNO4S. The van der Waals surface area contributed by atoms with Gasteiger partial charge in [-0.1, -0.05) is 27.5 Å². The molecule has 0 amide bonds. The van der Waals surface area contributed by atoms with Gasteiger partial charge in [-0.05, 0) is 61.9 Å². The Balaban J connectivity index is 2.51. The molecule has 0 heterocycles. The maximum absolute atomic E-state index is 13.0. The van der Waals surface area contributed by atoms with E-state index in [-0.39, 0.29) is 11.5 Å². The average Bonchev–Trinajstić information content (AvgIpc) is 2.56. The summed E-state index contributed by atoms with van der Waals surface area (Å²) in [6.45, 7) is 3.18. The maximum atomic E-state index is 13.0. The third-order valence-corrected chi connectivity index (χ3v) is 6.15. The molecule has 0 saturated heterocycles. The molecular weight excluding hydrogens is 430 g/mol. The second kappa shape index (κ2) is 8.21. The maximum Gasteiger partial charge on any atom is 0.326 e. The number of anilines is 1. The van der Waals surface area contributed by atoms with Gasteiger partial charge in [0.05, 0.1) is 17.2 Å². The Labute approximate surface area is 160 Å². The van der Waals surface area contributed by atoms with Gasteiger partial charge in [-0.15, -0.1) is 0 Å². The number of halogens is 2. The van der Waals surface area contributed by atoms with Gasteiger partial charge in [-0.3, -0.25) is 9.10 Å². The first kappa shape index (κ1) is 19.8. The van der Waals surface area contributed by atoms with E-state index in [1.54, 1.807) is 44.2 Å². The quantitative estimate of drug-likeness (QED) is 0.625. The zero-order valence-corrected chi connectivity index (χ0v) is 16.9. The summed E-state index contributed by atoms with van der Waals surface area (Å²) in [6.07, 6.45) is 0. The van der Waals surface area contributed by atoms with Gasteiger partial charge >= 0.3 is 5.97 Å². The molecule has 0 aromatic heterocycles. The smallest absolute Gasteiger partial charge is 0.326 e. The normalized spacial score (nSPS) is 11.2. The fourth-order valence-corrected chi connectivity index (χ4v) is 3.94. The summed E-state index contributed by atoms with van der Waals surface area (Å²) >= 11 is 9.30. The molecule has 5 nitrogen and oxygen atoms in total. The van der Waals surface area contributed by atoms with Crippen molar-refractivity contribution in [2.45, 2.75) is 18.7 Å². The summed E-state index contributed by atoms with van der Waals surface area (Å²) < 4.78 is 32.8. The molecule has 0 aliphatic heterocycles. The molecule has 134 valence electrons. The van der Waals surface area contributed by atoms with E-state index < -0.39 is 22.5 Å². The highest BCUT2D eigenvalue weighted by atomic mass is 79.9. The SMILES string of the molecule is CCOC(=O)CN(c1ccc(Cl)c(C)c1)S(=O)(=O)c1ccc(Br)cc1. The summed E-state index contributed by atoms with van der Waals surface area (Å²) in [6, 6.07) is 11.0. The Hall–Kier alpha value is -1.57. The molecule has 0 aliphatic carbocycles. The van der Waals surface area contributed by atoms with Crippen LogP contribution in [-0.4, -0.2) is 27.5 Å². The molecule has 8 heteroatoms. The summed E-state index contributed by atoms with van der Waals surface area (Å²) in [5.41, 5.74) is 1.05. The minimum Gasteiger partial charge on any atom is -0.465 e. The predicted molar refractivity (Wildman–Crippen MR) is 101 cm³/mol. The number of hydrogen-bond acceptors (Lipinski definition) is 4. The first-order chi connectivity index (χ1) is 11.8. The first-order valence-corrected chi connectivity index (χ1v) is 10.1. The molecule has 0 aliphatic rings. The third kappa shape index (κ3) is 4.74. The molecule has 0 spiro atoms. The molecule has 0 N–H and O–H groups in total. The van der Waals surface area contributed by atoms with E-state index >= 15 is 0 Å². The number of esters is 1. The second-order valence-corrected chi connectivity index (χ2v) is 8.39. The first-order valence-electron chi connectivity index (χ1n) is 7.45. The van der Waals surface area contributed by atoms with Crippen molar-refractivity contribution < 1.29 is 17.9 Å². The number of nitrogens with zero attached hydrogens (tertiary/aromatic N) is 1. The van der Waals surface area contributed by atoms with E-state index in [0.29, 0.717) is 16.3 Å². The van der Waals surface area contributed by atoms with Gasteiger partial charge < -0.3 is 4.74 Å². The van der Waals surface area contributed by atoms with Crippen molar-refractivity contribution in [1.29, 1.82) is 0 Å². The van der Waals surface area contributed by atoms with Crippen molar-refractivity contribution in [1.82, 2.24) is 0 Å². The van der Waals surface area contributed by atoms with Gasteiger partial charge in [-0.2, -0.15) is 0 Å². The van der Waals surface area contributed by atoms with Crippen LogP contribution in [0.4, 0.5) is 5.69 Å². The fourth-order valence-electron chi connectivity index (χ4n) is 2.16. The van der Waals surface area contributed by atoms with Crippen LogP contribution in [0.3, 0.4) is 0 Å². The van der Waals surface area contributed by atoms with Crippen LogP contribution in [0.15, 0.2) is 51.8 Å². The highest BCUT2D eigenvalue weighted by molar-refractivity contribution is 9.10.